The van der Waals surface area contributed by atoms with Crippen molar-refractivity contribution >= 4 is 13.8 Å². The summed E-state index contributed by atoms with van der Waals surface area (Å²) in [5.41, 5.74) is -0.344. The van der Waals surface area contributed by atoms with Gasteiger partial charge in [0.2, 0.25) is 0 Å². The largest absolute Gasteiger partial charge is 0.790 e. The number of phosphoric ester groups is 1. The van der Waals surface area contributed by atoms with Crippen LogP contribution in [0.25, 0.3) is 0 Å². The van der Waals surface area contributed by atoms with Crippen molar-refractivity contribution in [3.63, 3.8) is 0 Å². The van der Waals surface area contributed by atoms with Gasteiger partial charge >= 0.3 is 5.97 Å². The van der Waals surface area contributed by atoms with Gasteiger partial charge in [-0.25, -0.2) is 4.79 Å². The number of ether oxygens (including phenoxy) is 4. The average Bonchev–Trinajstić information content (AvgIpc) is 3.57. The van der Waals surface area contributed by atoms with Crippen molar-refractivity contribution in [3.8, 4) is 0 Å². The molecule has 0 aromatic rings. The van der Waals surface area contributed by atoms with Crippen LogP contribution in [-0.4, -0.2) is 60.1 Å². The fourth-order valence-corrected chi connectivity index (χ4v) is 7.94. The maximum Gasteiger partial charge on any atom is 0.334 e. The van der Waals surface area contributed by atoms with Crippen LogP contribution in [0, 0.1) is 23.2 Å². The Morgan fingerprint density at radius 1 is 1.31 bits per heavy atom. The van der Waals surface area contributed by atoms with Crippen LogP contribution in [-0.2, 0) is 32.8 Å². The van der Waals surface area contributed by atoms with Gasteiger partial charge in [0.15, 0.2) is 12.4 Å². The highest BCUT2D eigenvalue weighted by Gasteiger charge is 2.94. The zero-order valence-corrected chi connectivity index (χ0v) is 19.0. The third-order valence-corrected chi connectivity index (χ3v) is 9.50. The standard InChI is InChI=1S/C21H29O10P/c1-9(2)14-15(22)17-21(31-17)19(3)5-4-10-11(7-27-18(10)23)12(19)6-13-20(21,30-13)16(14)28-8-29-32(24,25)26/h9,12-17,22H,4-8H2,1-3H3,(H2,24,25,26)/p-2/t12-,13?,14?,15+,16+,17-,19-,20?,21+/m0/s1. The first kappa shape index (κ1) is 21.7. The van der Waals surface area contributed by atoms with E-state index in [-0.39, 0.29) is 30.5 Å². The molecule has 0 aromatic heterocycles. The minimum atomic E-state index is -5.21. The summed E-state index contributed by atoms with van der Waals surface area (Å²) in [6.07, 6.45) is -0.326. The van der Waals surface area contributed by atoms with E-state index in [2.05, 4.69) is 11.4 Å². The second-order valence-corrected chi connectivity index (χ2v) is 11.7. The lowest BCUT2D eigenvalue weighted by Crippen LogP contribution is -2.70. The Labute approximate surface area is 185 Å². The first-order valence-corrected chi connectivity index (χ1v) is 12.6. The second kappa shape index (κ2) is 6.43. The minimum absolute atomic E-state index is 0.0187. The van der Waals surface area contributed by atoms with Gasteiger partial charge in [-0.3, -0.25) is 0 Å². The molecule has 178 valence electrons. The first-order valence-electron chi connectivity index (χ1n) is 11.2. The van der Waals surface area contributed by atoms with E-state index in [0.717, 1.165) is 11.1 Å². The number of cyclic esters (lactones) is 1. The van der Waals surface area contributed by atoms with Gasteiger partial charge in [0, 0.05) is 16.9 Å². The average molecular weight is 470 g/mol. The fourth-order valence-electron chi connectivity index (χ4n) is 7.75. The molecule has 4 fully saturated rings. The molecule has 2 saturated carbocycles. The van der Waals surface area contributed by atoms with Gasteiger partial charge in [0.25, 0.3) is 0 Å². The number of aliphatic hydroxyl groups is 1. The van der Waals surface area contributed by atoms with E-state index >= 15 is 0 Å². The molecule has 6 aliphatic rings. The molecule has 0 amide bonds. The van der Waals surface area contributed by atoms with Crippen molar-refractivity contribution < 1.29 is 47.7 Å². The van der Waals surface area contributed by atoms with Gasteiger partial charge in [0.05, 0.1) is 20.0 Å². The molecule has 1 N–H and O–H groups in total. The molecule has 10 nitrogen and oxygen atoms in total. The van der Waals surface area contributed by atoms with Gasteiger partial charge < -0.3 is 42.9 Å². The van der Waals surface area contributed by atoms with Crippen LogP contribution in [0.1, 0.15) is 40.0 Å². The normalized spacial score (nSPS) is 50.8. The summed E-state index contributed by atoms with van der Waals surface area (Å²) in [4.78, 5) is 34.2. The molecule has 3 unspecified atom stereocenters. The Morgan fingerprint density at radius 3 is 2.75 bits per heavy atom. The van der Waals surface area contributed by atoms with Crippen LogP contribution in [0.4, 0.5) is 0 Å². The van der Waals surface area contributed by atoms with E-state index in [4.69, 9.17) is 18.9 Å². The first-order chi connectivity index (χ1) is 15.0. The predicted molar refractivity (Wildman–Crippen MR) is 101 cm³/mol. The molecule has 2 saturated heterocycles. The maximum atomic E-state index is 12.2. The number of epoxide rings is 2. The van der Waals surface area contributed by atoms with E-state index in [9.17, 15) is 24.3 Å². The van der Waals surface area contributed by atoms with Crippen LogP contribution in [0.2, 0.25) is 0 Å². The van der Waals surface area contributed by atoms with Crippen molar-refractivity contribution in [1.82, 2.24) is 0 Å². The topological polar surface area (TPSA) is 153 Å². The molecule has 9 atom stereocenters. The highest BCUT2D eigenvalue weighted by Crippen LogP contribution is 2.79. The van der Waals surface area contributed by atoms with E-state index in [0.29, 0.717) is 19.3 Å². The molecule has 0 bridgehead atoms. The molecule has 3 heterocycles. The molecular formula is C21H27O10P-2. The Kier molecular flexibility index (Phi) is 4.35. The predicted octanol–water partition coefficient (Wildman–Crippen LogP) is -0.230. The number of hydrogen-bond acceptors (Lipinski definition) is 10. The third kappa shape index (κ3) is 2.45. The number of carbonyl (C=O) groups is 1. The van der Waals surface area contributed by atoms with E-state index < -0.39 is 55.5 Å². The van der Waals surface area contributed by atoms with Crippen LogP contribution >= 0.6 is 7.82 Å². The van der Waals surface area contributed by atoms with Gasteiger partial charge in [-0.2, -0.15) is 0 Å². The van der Waals surface area contributed by atoms with Gasteiger partial charge in [-0.05, 0) is 36.7 Å². The molecule has 2 spiro atoms. The van der Waals surface area contributed by atoms with E-state index in [1.165, 1.54) is 0 Å². The molecule has 0 aromatic carbocycles. The summed E-state index contributed by atoms with van der Waals surface area (Å²) in [6.45, 7) is 5.58. The fraction of sp³-hybridized carbons (Fsp3) is 0.857. The Morgan fingerprint density at radius 2 is 2.06 bits per heavy atom. The monoisotopic (exact) mass is 470 g/mol. The smallest absolute Gasteiger partial charge is 0.334 e. The van der Waals surface area contributed by atoms with Gasteiger partial charge in [-0.15, -0.1) is 0 Å². The molecular weight excluding hydrogens is 443 g/mol. The molecule has 6 rings (SSSR count). The Hall–Kier alpha value is -0.840. The SMILES string of the molecule is CC(C)C1[C@@H](O)[C@@H]2O[C@]23C2(OC2C[C@H]2C4=C(CC[C@@]23C)C(=O)OC4)[C@@H]1OCOP(=O)([O-])[O-]. The summed E-state index contributed by atoms with van der Waals surface area (Å²) in [5.74, 6) is -0.638. The quantitative estimate of drug-likeness (QED) is 0.247. The van der Waals surface area contributed by atoms with Crippen molar-refractivity contribution in [2.24, 2.45) is 23.2 Å². The van der Waals surface area contributed by atoms with Gasteiger partial charge in [0.1, 0.15) is 24.4 Å². The number of esters is 1. The second-order valence-electron chi connectivity index (χ2n) is 10.6. The van der Waals surface area contributed by atoms with Gasteiger partial charge in [-0.1, -0.05) is 20.8 Å². The van der Waals surface area contributed by atoms with Crippen LogP contribution < -0.4 is 9.79 Å². The number of rotatable bonds is 5. The highest BCUT2D eigenvalue weighted by molar-refractivity contribution is 7.43. The molecule has 3 aliphatic heterocycles. The lowest BCUT2D eigenvalue weighted by Gasteiger charge is -2.55. The molecule has 11 heteroatoms. The zero-order chi connectivity index (χ0) is 22.8. The highest BCUT2D eigenvalue weighted by atomic mass is 31.2. The summed E-state index contributed by atoms with van der Waals surface area (Å²) < 4.78 is 39.4. The van der Waals surface area contributed by atoms with Crippen LogP contribution in [0.15, 0.2) is 11.1 Å². The van der Waals surface area contributed by atoms with Crippen molar-refractivity contribution in [2.75, 3.05) is 13.4 Å². The third-order valence-electron chi connectivity index (χ3n) is 9.08. The number of fused-ring (bicyclic) bond motifs is 2. The summed E-state index contributed by atoms with van der Waals surface area (Å²) in [7, 11) is -5.21. The van der Waals surface area contributed by atoms with Crippen molar-refractivity contribution in [1.29, 1.82) is 0 Å². The lowest BCUT2D eigenvalue weighted by atomic mass is 9.46. The summed E-state index contributed by atoms with van der Waals surface area (Å²) in [6, 6.07) is 0. The minimum Gasteiger partial charge on any atom is -0.790 e. The van der Waals surface area contributed by atoms with Crippen molar-refractivity contribution in [3.05, 3.63) is 11.1 Å². The zero-order valence-electron chi connectivity index (χ0n) is 18.1. The van der Waals surface area contributed by atoms with E-state index in [1.54, 1.807) is 0 Å². The summed E-state index contributed by atoms with van der Waals surface area (Å²) in [5, 5.41) is 11.3. The molecule has 0 radical (unpaired) electrons. The van der Waals surface area contributed by atoms with Crippen LogP contribution in [0.3, 0.4) is 0 Å². The maximum absolute atomic E-state index is 12.2. The number of aliphatic hydroxyl groups excluding tert-OH is 1. The number of phosphoric acid groups is 1. The number of carbonyl (C=O) groups excluding carboxylic acids is 1. The molecule has 3 aliphatic carbocycles. The Balaban J connectivity index is 1.40. The molecule has 32 heavy (non-hydrogen) atoms. The lowest BCUT2D eigenvalue weighted by molar-refractivity contribution is -0.348. The van der Waals surface area contributed by atoms with Crippen molar-refractivity contribution in [2.45, 2.75) is 75.7 Å². The number of hydrogen-bond donors (Lipinski definition) is 1. The summed E-state index contributed by atoms with van der Waals surface area (Å²) >= 11 is 0. The Bertz CT molecular complexity index is 958. The van der Waals surface area contributed by atoms with Crippen LogP contribution in [0.5, 0.6) is 0 Å². The van der Waals surface area contributed by atoms with E-state index in [1.807, 2.05) is 13.8 Å².